The number of aryl methyl sites for hydroxylation is 1. The summed E-state index contributed by atoms with van der Waals surface area (Å²) < 4.78 is 32.7. The summed E-state index contributed by atoms with van der Waals surface area (Å²) in [5, 5.41) is 0. The molecule has 1 aromatic rings. The molecule has 3 fully saturated rings. The van der Waals surface area contributed by atoms with Crippen LogP contribution >= 0.6 is 0 Å². The Kier molecular flexibility index (Phi) is 2.95. The first-order valence-corrected chi connectivity index (χ1v) is 9.42. The fourth-order valence-electron chi connectivity index (χ4n) is 3.81. The number of carbonyl (C=O) groups is 1. The van der Waals surface area contributed by atoms with Crippen molar-refractivity contribution in [2.75, 3.05) is 6.54 Å². The van der Waals surface area contributed by atoms with Gasteiger partial charge in [-0.3, -0.25) is 4.79 Å². The molecule has 6 heteroatoms. The number of hydrogen-bond donors (Lipinski definition) is 0. The molecular weight excluding hydrogens is 314 g/mol. The molecule has 23 heavy (non-hydrogen) atoms. The molecule has 0 bridgehead atoms. The fourth-order valence-corrected chi connectivity index (χ4v) is 5.67. The van der Waals surface area contributed by atoms with E-state index < -0.39 is 21.2 Å². The third-order valence-corrected chi connectivity index (χ3v) is 7.84. The molecule has 5 nitrogen and oxygen atoms in total. The molecule has 124 valence electrons. The Bertz CT molecular complexity index is 787. The molecule has 1 unspecified atom stereocenters. The van der Waals surface area contributed by atoms with E-state index >= 15 is 0 Å². The zero-order valence-electron chi connectivity index (χ0n) is 13.6. The average Bonchev–Trinajstić information content (AvgIpc) is 3.36. The van der Waals surface area contributed by atoms with Crippen molar-refractivity contribution in [2.45, 2.75) is 55.8 Å². The van der Waals surface area contributed by atoms with Crippen molar-refractivity contribution in [1.29, 1.82) is 0 Å². The number of Topliss-reactive ketones (excluding diaryl/α,β-unsaturated/α-hetero) is 1. The Morgan fingerprint density at radius 2 is 1.87 bits per heavy atom. The van der Waals surface area contributed by atoms with Gasteiger partial charge < -0.3 is 4.74 Å². The van der Waals surface area contributed by atoms with Crippen molar-refractivity contribution >= 4 is 15.8 Å². The molecule has 4 rings (SSSR count). The summed E-state index contributed by atoms with van der Waals surface area (Å²) in [4.78, 5) is 12.5. The highest BCUT2D eigenvalue weighted by atomic mass is 32.2. The van der Waals surface area contributed by atoms with E-state index in [0.29, 0.717) is 17.9 Å². The Hall–Kier alpha value is -1.24. The summed E-state index contributed by atoms with van der Waals surface area (Å²) in [5.74, 6) is 0.148. The molecule has 1 aliphatic carbocycles. The standard InChI is InChI=1S/C17H21NO4S/c1-11-4-6-13(7-5-11)23(20,21)18-10-16(18,2)12-8-14(19)17(3)15(9-12)22-17/h4-7,12,15H,8-10H2,1-3H3/t12-,15+,16-,17-,18?/m1/s1. The lowest BCUT2D eigenvalue weighted by Gasteiger charge is -2.27. The molecule has 1 aromatic carbocycles. The van der Waals surface area contributed by atoms with Gasteiger partial charge in [-0.2, -0.15) is 4.31 Å². The second-order valence-corrected chi connectivity index (χ2v) is 9.32. The van der Waals surface area contributed by atoms with Crippen LogP contribution in [0.1, 0.15) is 32.3 Å². The number of carbonyl (C=O) groups excluding carboxylic acids is 1. The molecule has 0 spiro atoms. The van der Waals surface area contributed by atoms with Crippen LogP contribution in [0, 0.1) is 12.8 Å². The maximum atomic E-state index is 12.8. The molecule has 0 amide bonds. The molecule has 5 atom stereocenters. The molecule has 2 aliphatic heterocycles. The molecule has 0 aromatic heterocycles. The topological polar surface area (TPSA) is 66.8 Å². The monoisotopic (exact) mass is 335 g/mol. The van der Waals surface area contributed by atoms with Gasteiger partial charge in [0.1, 0.15) is 5.60 Å². The highest BCUT2D eigenvalue weighted by Gasteiger charge is 2.68. The van der Waals surface area contributed by atoms with E-state index in [4.69, 9.17) is 4.74 Å². The maximum absolute atomic E-state index is 12.8. The predicted molar refractivity (Wildman–Crippen MR) is 84.5 cm³/mol. The van der Waals surface area contributed by atoms with Gasteiger partial charge in [0.25, 0.3) is 0 Å². The number of rotatable bonds is 3. The fraction of sp³-hybridized carbons (Fsp3) is 0.588. The van der Waals surface area contributed by atoms with Crippen LogP contribution in [0.3, 0.4) is 0 Å². The van der Waals surface area contributed by atoms with Crippen molar-refractivity contribution in [3.63, 3.8) is 0 Å². The van der Waals surface area contributed by atoms with Crippen LogP contribution in [0.5, 0.6) is 0 Å². The quantitative estimate of drug-likeness (QED) is 0.791. The smallest absolute Gasteiger partial charge is 0.243 e. The van der Waals surface area contributed by atoms with E-state index in [-0.39, 0.29) is 17.8 Å². The second-order valence-electron chi connectivity index (χ2n) is 7.46. The largest absolute Gasteiger partial charge is 0.358 e. The summed E-state index contributed by atoms with van der Waals surface area (Å²) in [6.07, 6.45) is 1.14. The lowest BCUT2D eigenvalue weighted by molar-refractivity contribution is -0.125. The number of ether oxygens (including phenoxy) is 1. The minimum atomic E-state index is -3.49. The molecular formula is C17H21NO4S. The lowest BCUT2D eigenvalue weighted by atomic mass is 9.76. The highest BCUT2D eigenvalue weighted by Crippen LogP contribution is 2.55. The first kappa shape index (κ1) is 15.3. The van der Waals surface area contributed by atoms with E-state index in [1.165, 1.54) is 4.31 Å². The Morgan fingerprint density at radius 1 is 1.22 bits per heavy atom. The van der Waals surface area contributed by atoms with Gasteiger partial charge in [0.2, 0.25) is 10.0 Å². The van der Waals surface area contributed by atoms with Crippen LogP contribution < -0.4 is 0 Å². The van der Waals surface area contributed by atoms with Gasteiger partial charge in [0.15, 0.2) is 5.78 Å². The lowest BCUT2D eigenvalue weighted by Crippen LogP contribution is -2.39. The van der Waals surface area contributed by atoms with Crippen LogP contribution in [0.25, 0.3) is 0 Å². The van der Waals surface area contributed by atoms with E-state index in [9.17, 15) is 13.2 Å². The Labute approximate surface area is 136 Å². The minimum Gasteiger partial charge on any atom is -0.358 e. The van der Waals surface area contributed by atoms with Crippen LogP contribution in [0.15, 0.2) is 29.2 Å². The third-order valence-electron chi connectivity index (χ3n) is 5.85. The summed E-state index contributed by atoms with van der Waals surface area (Å²) >= 11 is 0. The number of benzene rings is 1. The van der Waals surface area contributed by atoms with Gasteiger partial charge in [-0.1, -0.05) is 17.7 Å². The predicted octanol–water partition coefficient (Wildman–Crippen LogP) is 1.89. The van der Waals surface area contributed by atoms with Gasteiger partial charge >= 0.3 is 0 Å². The summed E-state index contributed by atoms with van der Waals surface area (Å²) in [6, 6.07) is 6.91. The van der Waals surface area contributed by atoms with E-state index in [1.54, 1.807) is 24.3 Å². The first-order chi connectivity index (χ1) is 10.7. The zero-order valence-corrected chi connectivity index (χ0v) is 14.4. The van der Waals surface area contributed by atoms with Crippen LogP contribution in [0.2, 0.25) is 0 Å². The van der Waals surface area contributed by atoms with E-state index in [1.807, 2.05) is 20.8 Å². The summed E-state index contributed by atoms with van der Waals surface area (Å²) in [7, 11) is -3.49. The van der Waals surface area contributed by atoms with Crippen molar-refractivity contribution in [1.82, 2.24) is 4.31 Å². The van der Waals surface area contributed by atoms with E-state index in [2.05, 4.69) is 0 Å². The minimum absolute atomic E-state index is 0.0323. The summed E-state index contributed by atoms with van der Waals surface area (Å²) in [5.41, 5.74) is -0.0322. The highest BCUT2D eigenvalue weighted by molar-refractivity contribution is 7.89. The SMILES string of the molecule is Cc1ccc(S(=O)(=O)N2C[C@]2(C)[C@@H]2CC(=O)[C@@]3(C)O[C@H]3C2)cc1. The molecule has 1 saturated carbocycles. The van der Waals surface area contributed by atoms with Gasteiger partial charge in [-0.15, -0.1) is 0 Å². The number of fused-ring (bicyclic) bond motifs is 1. The number of hydrogen-bond acceptors (Lipinski definition) is 4. The van der Waals surface area contributed by atoms with Crippen LogP contribution in [0.4, 0.5) is 0 Å². The first-order valence-electron chi connectivity index (χ1n) is 7.98. The molecule has 0 N–H and O–H groups in total. The van der Waals surface area contributed by atoms with Gasteiger partial charge in [-0.05, 0) is 45.2 Å². The van der Waals surface area contributed by atoms with Crippen molar-refractivity contribution in [2.24, 2.45) is 5.92 Å². The number of epoxide rings is 1. The van der Waals surface area contributed by atoms with Gasteiger partial charge in [0, 0.05) is 13.0 Å². The Balaban J connectivity index is 1.56. The van der Waals surface area contributed by atoms with Crippen LogP contribution in [-0.2, 0) is 19.6 Å². The third kappa shape index (κ3) is 2.12. The zero-order chi connectivity index (χ0) is 16.6. The van der Waals surface area contributed by atoms with Gasteiger partial charge in [-0.25, -0.2) is 8.42 Å². The molecule has 2 saturated heterocycles. The average molecular weight is 335 g/mol. The molecule has 2 heterocycles. The van der Waals surface area contributed by atoms with Crippen molar-refractivity contribution in [3.05, 3.63) is 29.8 Å². The summed E-state index contributed by atoms with van der Waals surface area (Å²) in [6.45, 7) is 6.19. The number of sulfonamides is 1. The number of ketones is 1. The molecule has 3 aliphatic rings. The van der Waals surface area contributed by atoms with Crippen molar-refractivity contribution < 1.29 is 17.9 Å². The van der Waals surface area contributed by atoms with E-state index in [0.717, 1.165) is 12.0 Å². The van der Waals surface area contributed by atoms with Gasteiger partial charge in [0.05, 0.1) is 16.5 Å². The normalized spacial score (nSPS) is 42.2. The second kappa shape index (κ2) is 4.43. The number of nitrogens with zero attached hydrogens (tertiary/aromatic N) is 1. The molecule has 0 radical (unpaired) electrons. The van der Waals surface area contributed by atoms with Crippen molar-refractivity contribution in [3.8, 4) is 0 Å². The maximum Gasteiger partial charge on any atom is 0.243 e. The van der Waals surface area contributed by atoms with Crippen LogP contribution in [-0.4, -0.2) is 42.3 Å². The Morgan fingerprint density at radius 3 is 2.48 bits per heavy atom.